The molecule has 2 N–H and O–H groups in total. The van der Waals surface area contributed by atoms with Crippen molar-refractivity contribution in [1.29, 1.82) is 5.26 Å². The van der Waals surface area contributed by atoms with Gasteiger partial charge in [-0.1, -0.05) is 47.0 Å². The Hall–Kier alpha value is -3.56. The van der Waals surface area contributed by atoms with Gasteiger partial charge in [0.05, 0.1) is 59.0 Å². The Morgan fingerprint density at radius 2 is 1.18 bits per heavy atom. The van der Waals surface area contributed by atoms with Gasteiger partial charge in [0.25, 0.3) is 29.3 Å². The van der Waals surface area contributed by atoms with Gasteiger partial charge in [-0.3, -0.25) is 29.8 Å². The minimum atomic E-state index is -0.726. The van der Waals surface area contributed by atoms with Crippen molar-refractivity contribution in [3.63, 3.8) is 0 Å². The summed E-state index contributed by atoms with van der Waals surface area (Å²) in [6.07, 6.45) is 0. The fourth-order valence-electron chi connectivity index (χ4n) is 4.30. The molecular weight excluding hydrogens is 593 g/mol. The van der Waals surface area contributed by atoms with Crippen LogP contribution in [-0.4, -0.2) is 36.8 Å². The number of nitrogens with one attached hydrogen (secondary N) is 2. The maximum absolute atomic E-state index is 12.9. The van der Waals surface area contributed by atoms with Gasteiger partial charge in [0, 0.05) is 0 Å². The van der Waals surface area contributed by atoms with E-state index < -0.39 is 23.6 Å². The predicted molar refractivity (Wildman–Crippen MR) is 150 cm³/mol. The normalized spacial score (nSPS) is 18.4. The summed E-state index contributed by atoms with van der Waals surface area (Å²) in [5.41, 5.74) is 0.840. The zero-order valence-electron chi connectivity index (χ0n) is 21.4. The van der Waals surface area contributed by atoms with Gasteiger partial charge in [0.1, 0.15) is 23.1 Å². The highest BCUT2D eigenvalue weighted by atomic mass is 32.2. The first kappa shape index (κ1) is 28.0. The van der Waals surface area contributed by atoms with Crippen molar-refractivity contribution in [2.45, 2.75) is 47.3 Å². The van der Waals surface area contributed by atoms with Crippen LogP contribution in [0.2, 0.25) is 0 Å². The Kier molecular flexibility index (Phi) is 7.54. The van der Waals surface area contributed by atoms with Crippen LogP contribution in [0.4, 0.5) is 0 Å². The number of thioether (sulfide) groups is 4. The summed E-state index contributed by atoms with van der Waals surface area (Å²) >= 11 is 5.16. The molecule has 14 heteroatoms. The molecule has 0 unspecified atom stereocenters. The minimum absolute atomic E-state index is 0.120. The van der Waals surface area contributed by atoms with E-state index in [0.717, 1.165) is 0 Å². The van der Waals surface area contributed by atoms with E-state index in [2.05, 4.69) is 15.5 Å². The molecule has 0 aromatic heterocycles. The third kappa shape index (κ3) is 4.32. The lowest BCUT2D eigenvalue weighted by molar-refractivity contribution is -0.128. The molecule has 0 aliphatic carbocycles. The molecule has 0 bridgehead atoms. The van der Waals surface area contributed by atoms with Gasteiger partial charge >= 0.3 is 0 Å². The lowest BCUT2D eigenvalue weighted by atomic mass is 9.98. The van der Waals surface area contributed by atoms with Gasteiger partial charge in [0.2, 0.25) is 0 Å². The van der Waals surface area contributed by atoms with Crippen LogP contribution in [0.15, 0.2) is 61.6 Å². The molecule has 4 amide bonds. The van der Waals surface area contributed by atoms with Crippen molar-refractivity contribution in [3.05, 3.63) is 53.5 Å². The SMILES string of the molecule is [C-]#[N+]C1=C(C)C(=C2Sc3c(OCC)c4c(c(OCC)c3S2)SC(=C2C(=O)NC(=O)C(C#N)=C2C)S4)C(=O)NC1=O. The maximum Gasteiger partial charge on any atom is 0.269 e. The number of hydrogen-bond donors (Lipinski definition) is 2. The van der Waals surface area contributed by atoms with E-state index in [1.807, 2.05) is 19.9 Å². The Bertz CT molecular complexity index is 1530. The van der Waals surface area contributed by atoms with Gasteiger partial charge in [-0.15, -0.1) is 0 Å². The fraction of sp³-hybridized carbons (Fsp3) is 0.231. The molecule has 0 spiro atoms. The number of imide groups is 2. The maximum atomic E-state index is 12.9. The molecular formula is C26H18N4O6S4. The van der Waals surface area contributed by atoms with Gasteiger partial charge in [-0.25, -0.2) is 4.85 Å². The van der Waals surface area contributed by atoms with Gasteiger partial charge in [-0.05, 0) is 38.8 Å². The average molecular weight is 611 g/mol. The molecule has 4 aliphatic rings. The Morgan fingerprint density at radius 1 is 0.750 bits per heavy atom. The van der Waals surface area contributed by atoms with E-state index in [4.69, 9.17) is 16.0 Å². The molecule has 202 valence electrons. The van der Waals surface area contributed by atoms with Crippen LogP contribution in [0.3, 0.4) is 0 Å². The standard InChI is InChI=1S/C26H18N4O6S4/c1-6-35-15-17-18(38-25(37-17)12-9(3)11(8-27)21(31)29-22(12)32)16(36-7-2)20-19(15)39-26(40-20)13-10(4)14(28-5)24(34)30-23(13)33/h6-7H2,1-4H3,(H,29,31,32)(H,30,33,34). The summed E-state index contributed by atoms with van der Waals surface area (Å²) in [6.45, 7) is 14.9. The number of fused-ring (bicyclic) bond motifs is 2. The number of carbonyl (C=O) groups is 4. The van der Waals surface area contributed by atoms with Crippen molar-refractivity contribution in [2.75, 3.05) is 13.2 Å². The molecule has 5 rings (SSSR count). The second-order valence-electron chi connectivity index (χ2n) is 8.34. The minimum Gasteiger partial charge on any atom is -0.491 e. The third-order valence-electron chi connectivity index (χ3n) is 6.06. The molecule has 0 atom stereocenters. The highest BCUT2D eigenvalue weighted by Crippen LogP contribution is 2.69. The topological polar surface area (TPSA) is 139 Å². The average Bonchev–Trinajstić information content (AvgIpc) is 3.51. The lowest BCUT2D eigenvalue weighted by Crippen LogP contribution is -2.38. The van der Waals surface area contributed by atoms with Crippen molar-refractivity contribution in [3.8, 4) is 17.6 Å². The van der Waals surface area contributed by atoms with E-state index >= 15 is 0 Å². The number of nitriles is 1. The van der Waals surface area contributed by atoms with E-state index in [9.17, 15) is 24.4 Å². The number of rotatable bonds is 4. The molecule has 0 fully saturated rings. The number of carbonyl (C=O) groups excluding carboxylic acids is 4. The van der Waals surface area contributed by atoms with E-state index in [1.54, 1.807) is 13.8 Å². The van der Waals surface area contributed by atoms with Crippen LogP contribution >= 0.6 is 47.0 Å². The van der Waals surface area contributed by atoms with Gasteiger partial charge in [-0.2, -0.15) is 5.26 Å². The monoisotopic (exact) mass is 610 g/mol. The lowest BCUT2D eigenvalue weighted by Gasteiger charge is -2.17. The van der Waals surface area contributed by atoms with Crippen LogP contribution in [0.25, 0.3) is 4.85 Å². The smallest absolute Gasteiger partial charge is 0.269 e. The zero-order valence-corrected chi connectivity index (χ0v) is 24.7. The number of nitrogens with zero attached hydrogens (tertiary/aromatic N) is 2. The van der Waals surface area contributed by atoms with Crippen molar-refractivity contribution in [2.24, 2.45) is 0 Å². The predicted octanol–water partition coefficient (Wildman–Crippen LogP) is 4.65. The van der Waals surface area contributed by atoms with Crippen LogP contribution < -0.4 is 20.1 Å². The number of benzene rings is 1. The molecule has 4 aliphatic heterocycles. The molecule has 0 radical (unpaired) electrons. The van der Waals surface area contributed by atoms with Crippen LogP contribution in [0.5, 0.6) is 11.5 Å². The first-order valence-electron chi connectivity index (χ1n) is 11.8. The summed E-state index contributed by atoms with van der Waals surface area (Å²) in [5, 5.41) is 14.0. The summed E-state index contributed by atoms with van der Waals surface area (Å²) < 4.78 is 13.4. The van der Waals surface area contributed by atoms with E-state index in [1.165, 1.54) is 47.0 Å². The Balaban J connectivity index is 1.70. The summed E-state index contributed by atoms with van der Waals surface area (Å²) in [7, 11) is 0. The van der Waals surface area contributed by atoms with Crippen molar-refractivity contribution < 1.29 is 28.7 Å². The van der Waals surface area contributed by atoms with Gasteiger partial charge in [0.15, 0.2) is 0 Å². The van der Waals surface area contributed by atoms with Gasteiger partial charge < -0.3 is 9.47 Å². The first-order valence-corrected chi connectivity index (χ1v) is 15.0. The Labute approximate surface area is 245 Å². The number of ether oxygens (including phenoxy) is 2. The summed E-state index contributed by atoms with van der Waals surface area (Å²) in [5.74, 6) is -1.51. The van der Waals surface area contributed by atoms with E-state index in [-0.39, 0.29) is 22.4 Å². The van der Waals surface area contributed by atoms with E-state index in [0.29, 0.717) is 63.9 Å². The summed E-state index contributed by atoms with van der Waals surface area (Å²) in [6, 6.07) is 1.88. The van der Waals surface area contributed by atoms with Crippen LogP contribution in [0.1, 0.15) is 27.7 Å². The molecule has 40 heavy (non-hydrogen) atoms. The second kappa shape index (κ2) is 10.8. The summed E-state index contributed by atoms with van der Waals surface area (Å²) in [4.78, 5) is 56.2. The first-order chi connectivity index (χ1) is 19.2. The Morgan fingerprint density at radius 3 is 1.57 bits per heavy atom. The highest BCUT2D eigenvalue weighted by molar-refractivity contribution is 8.26. The highest BCUT2D eigenvalue weighted by Gasteiger charge is 2.41. The molecule has 1 aromatic rings. The molecule has 10 nitrogen and oxygen atoms in total. The quantitative estimate of drug-likeness (QED) is 0.280. The van der Waals surface area contributed by atoms with Crippen molar-refractivity contribution >= 4 is 70.7 Å². The van der Waals surface area contributed by atoms with Crippen LogP contribution in [0, 0.1) is 17.9 Å². The number of hydrogen-bond acceptors (Lipinski definition) is 11. The second-order valence-corrected chi connectivity index (χ2v) is 12.9. The van der Waals surface area contributed by atoms with Crippen LogP contribution in [-0.2, 0) is 19.2 Å². The molecule has 1 aromatic carbocycles. The fourth-order valence-corrected chi connectivity index (χ4v) is 10.1. The largest absolute Gasteiger partial charge is 0.491 e. The molecule has 4 heterocycles. The third-order valence-corrected chi connectivity index (χ3v) is 11.2. The van der Waals surface area contributed by atoms with Crippen molar-refractivity contribution in [1.82, 2.24) is 10.6 Å². The number of amides is 4. The molecule has 0 saturated heterocycles. The molecule has 0 saturated carbocycles. The zero-order chi connectivity index (χ0) is 28.9.